The molecule has 1 atom stereocenters. The zero-order valence-corrected chi connectivity index (χ0v) is 12.7. The molecule has 0 bridgehead atoms. The third-order valence-electron chi connectivity index (χ3n) is 2.87. The number of benzene rings is 1. The van der Waals surface area contributed by atoms with Crippen molar-refractivity contribution in [3.8, 4) is 0 Å². The minimum absolute atomic E-state index is 0.111. The molecule has 4 nitrogen and oxygen atoms in total. The SMILES string of the molecule is CNC(=O)CN(C(=O)CC(C)SC)c1cccc(F)c1. The van der Waals surface area contributed by atoms with Gasteiger partial charge < -0.3 is 10.2 Å². The average molecular weight is 298 g/mol. The maximum absolute atomic E-state index is 13.3. The third kappa shape index (κ3) is 4.85. The van der Waals surface area contributed by atoms with Crippen LogP contribution in [-0.2, 0) is 9.59 Å². The Bertz CT molecular complexity index is 482. The number of halogens is 1. The number of thioether (sulfide) groups is 1. The summed E-state index contributed by atoms with van der Waals surface area (Å²) in [6.07, 6.45) is 2.22. The van der Waals surface area contributed by atoms with Gasteiger partial charge in [0, 0.05) is 24.4 Å². The summed E-state index contributed by atoms with van der Waals surface area (Å²) >= 11 is 1.57. The summed E-state index contributed by atoms with van der Waals surface area (Å²) in [7, 11) is 1.50. The van der Waals surface area contributed by atoms with E-state index in [0.717, 1.165) is 0 Å². The van der Waals surface area contributed by atoms with E-state index in [0.29, 0.717) is 12.1 Å². The monoisotopic (exact) mass is 298 g/mol. The molecule has 1 rings (SSSR count). The molecular formula is C14H19FN2O2S. The van der Waals surface area contributed by atoms with E-state index in [1.54, 1.807) is 17.8 Å². The average Bonchev–Trinajstić information content (AvgIpc) is 2.43. The molecule has 1 unspecified atom stereocenters. The highest BCUT2D eigenvalue weighted by Crippen LogP contribution is 2.19. The van der Waals surface area contributed by atoms with Crippen molar-refractivity contribution in [3.05, 3.63) is 30.1 Å². The molecule has 0 fully saturated rings. The lowest BCUT2D eigenvalue weighted by molar-refractivity contribution is -0.123. The topological polar surface area (TPSA) is 49.4 Å². The van der Waals surface area contributed by atoms with Crippen molar-refractivity contribution in [2.45, 2.75) is 18.6 Å². The van der Waals surface area contributed by atoms with E-state index in [9.17, 15) is 14.0 Å². The molecule has 110 valence electrons. The van der Waals surface area contributed by atoms with Crippen LogP contribution in [0.2, 0.25) is 0 Å². The maximum atomic E-state index is 13.3. The standard InChI is InChI=1S/C14H19FN2O2S/c1-10(20-3)7-14(19)17(9-13(18)16-2)12-6-4-5-11(15)8-12/h4-6,8,10H,7,9H2,1-3H3,(H,16,18). The summed E-state index contributed by atoms with van der Waals surface area (Å²) in [5, 5.41) is 2.61. The second-order valence-electron chi connectivity index (χ2n) is 4.38. The van der Waals surface area contributed by atoms with Gasteiger partial charge in [-0.05, 0) is 24.5 Å². The summed E-state index contributed by atoms with van der Waals surface area (Å²) in [5.74, 6) is -0.921. The number of amides is 2. The second-order valence-corrected chi connectivity index (χ2v) is 5.66. The lowest BCUT2D eigenvalue weighted by Gasteiger charge is -2.23. The predicted octanol–water partition coefficient (Wildman–Crippen LogP) is 2.05. The number of hydrogen-bond donors (Lipinski definition) is 1. The highest BCUT2D eigenvalue weighted by Gasteiger charge is 2.20. The molecule has 6 heteroatoms. The molecular weight excluding hydrogens is 279 g/mol. The van der Waals surface area contributed by atoms with Crippen molar-refractivity contribution in [1.82, 2.24) is 5.32 Å². The highest BCUT2D eigenvalue weighted by molar-refractivity contribution is 7.99. The molecule has 20 heavy (non-hydrogen) atoms. The van der Waals surface area contributed by atoms with E-state index < -0.39 is 5.82 Å². The molecule has 0 heterocycles. The second kappa shape index (κ2) is 7.89. The van der Waals surface area contributed by atoms with Gasteiger partial charge in [0.1, 0.15) is 12.4 Å². The normalized spacial score (nSPS) is 11.8. The number of likely N-dealkylation sites (N-methyl/N-ethyl adjacent to an activating group) is 1. The van der Waals surface area contributed by atoms with E-state index in [-0.39, 0.29) is 23.6 Å². The molecule has 1 N–H and O–H groups in total. The van der Waals surface area contributed by atoms with Crippen molar-refractivity contribution >= 4 is 29.3 Å². The van der Waals surface area contributed by atoms with Gasteiger partial charge in [-0.1, -0.05) is 13.0 Å². The minimum atomic E-state index is -0.435. The predicted molar refractivity (Wildman–Crippen MR) is 80.4 cm³/mol. The van der Waals surface area contributed by atoms with Crippen molar-refractivity contribution in [3.63, 3.8) is 0 Å². The zero-order valence-electron chi connectivity index (χ0n) is 11.9. The van der Waals surface area contributed by atoms with Gasteiger partial charge in [0.15, 0.2) is 0 Å². The molecule has 0 aromatic heterocycles. The fourth-order valence-electron chi connectivity index (χ4n) is 1.63. The summed E-state index contributed by atoms with van der Waals surface area (Å²) < 4.78 is 13.3. The Morgan fingerprint density at radius 2 is 2.15 bits per heavy atom. The summed E-state index contributed by atoms with van der Waals surface area (Å²) in [4.78, 5) is 25.1. The third-order valence-corrected chi connectivity index (χ3v) is 3.84. The number of nitrogens with one attached hydrogen (secondary N) is 1. The lowest BCUT2D eigenvalue weighted by Crippen LogP contribution is -2.40. The van der Waals surface area contributed by atoms with Crippen LogP contribution in [0.1, 0.15) is 13.3 Å². The van der Waals surface area contributed by atoms with Crippen LogP contribution in [0.4, 0.5) is 10.1 Å². The van der Waals surface area contributed by atoms with Gasteiger partial charge in [-0.3, -0.25) is 9.59 Å². The largest absolute Gasteiger partial charge is 0.358 e. The smallest absolute Gasteiger partial charge is 0.239 e. The number of nitrogens with zero attached hydrogens (tertiary/aromatic N) is 1. The Balaban J connectivity index is 2.95. The van der Waals surface area contributed by atoms with Crippen LogP contribution in [0.25, 0.3) is 0 Å². The summed E-state index contributed by atoms with van der Waals surface area (Å²) in [5.41, 5.74) is 0.395. The molecule has 1 aromatic carbocycles. The van der Waals surface area contributed by atoms with Crippen molar-refractivity contribution in [2.24, 2.45) is 0 Å². The first-order valence-corrected chi connectivity index (χ1v) is 7.56. The van der Waals surface area contributed by atoms with Crippen molar-refractivity contribution in [2.75, 3.05) is 24.7 Å². The van der Waals surface area contributed by atoms with Gasteiger partial charge in [-0.25, -0.2) is 4.39 Å². The molecule has 1 aromatic rings. The van der Waals surface area contributed by atoms with Gasteiger partial charge in [0.2, 0.25) is 11.8 Å². The van der Waals surface area contributed by atoms with Gasteiger partial charge in [0.05, 0.1) is 0 Å². The minimum Gasteiger partial charge on any atom is -0.358 e. The van der Waals surface area contributed by atoms with Crippen molar-refractivity contribution in [1.29, 1.82) is 0 Å². The van der Waals surface area contributed by atoms with Gasteiger partial charge in [-0.2, -0.15) is 11.8 Å². The van der Waals surface area contributed by atoms with Crippen LogP contribution in [0.5, 0.6) is 0 Å². The molecule has 0 aliphatic heterocycles. The highest BCUT2D eigenvalue weighted by atomic mass is 32.2. The quantitative estimate of drug-likeness (QED) is 0.874. The van der Waals surface area contributed by atoms with E-state index in [4.69, 9.17) is 0 Å². The number of hydrogen-bond acceptors (Lipinski definition) is 3. The van der Waals surface area contributed by atoms with Gasteiger partial charge >= 0.3 is 0 Å². The molecule has 0 spiro atoms. The molecule has 0 aliphatic rings. The van der Waals surface area contributed by atoms with E-state index in [2.05, 4.69) is 5.32 Å². The Labute approximate surface area is 122 Å². The number of carbonyl (C=O) groups excluding carboxylic acids is 2. The summed E-state index contributed by atoms with van der Waals surface area (Å²) in [6.45, 7) is 1.83. The number of carbonyl (C=O) groups is 2. The zero-order chi connectivity index (χ0) is 15.1. The van der Waals surface area contributed by atoms with Gasteiger partial charge in [0.25, 0.3) is 0 Å². The molecule has 0 saturated heterocycles. The summed E-state index contributed by atoms with van der Waals surface area (Å²) in [6, 6.07) is 5.70. The molecule has 0 radical (unpaired) electrons. The van der Waals surface area contributed by atoms with E-state index in [1.807, 2.05) is 13.2 Å². The van der Waals surface area contributed by atoms with Crippen LogP contribution in [0.3, 0.4) is 0 Å². The van der Waals surface area contributed by atoms with Crippen LogP contribution < -0.4 is 10.2 Å². The Kier molecular flexibility index (Phi) is 6.51. The lowest BCUT2D eigenvalue weighted by atomic mass is 10.2. The van der Waals surface area contributed by atoms with Crippen LogP contribution in [0.15, 0.2) is 24.3 Å². The molecule has 2 amide bonds. The Morgan fingerprint density at radius 3 is 2.70 bits per heavy atom. The number of rotatable bonds is 6. The van der Waals surface area contributed by atoms with Crippen LogP contribution >= 0.6 is 11.8 Å². The first-order chi connectivity index (χ1) is 9.47. The fraction of sp³-hybridized carbons (Fsp3) is 0.429. The first-order valence-electron chi connectivity index (χ1n) is 6.27. The van der Waals surface area contributed by atoms with E-state index in [1.165, 1.54) is 30.1 Å². The van der Waals surface area contributed by atoms with Crippen molar-refractivity contribution < 1.29 is 14.0 Å². The Morgan fingerprint density at radius 1 is 1.45 bits per heavy atom. The Hall–Kier alpha value is -1.56. The van der Waals surface area contributed by atoms with Crippen LogP contribution in [0, 0.1) is 5.82 Å². The fourth-order valence-corrected chi connectivity index (χ4v) is 1.94. The van der Waals surface area contributed by atoms with Crippen LogP contribution in [-0.4, -0.2) is 36.9 Å². The molecule has 0 saturated carbocycles. The maximum Gasteiger partial charge on any atom is 0.239 e. The van der Waals surface area contributed by atoms with E-state index >= 15 is 0 Å². The first kappa shape index (κ1) is 16.5. The van der Waals surface area contributed by atoms with Gasteiger partial charge in [-0.15, -0.1) is 0 Å². The number of anilines is 1. The molecule has 0 aliphatic carbocycles.